The first-order valence-corrected chi connectivity index (χ1v) is 5.98. The maximum atomic E-state index is 5.90. The van der Waals surface area contributed by atoms with Crippen LogP contribution in [0.4, 0.5) is 0 Å². The highest BCUT2D eigenvalue weighted by Crippen LogP contribution is 2.21. The van der Waals surface area contributed by atoms with Crippen molar-refractivity contribution in [2.75, 3.05) is 20.2 Å². The van der Waals surface area contributed by atoms with Crippen molar-refractivity contribution in [3.05, 3.63) is 0 Å². The summed E-state index contributed by atoms with van der Waals surface area (Å²) in [5, 5.41) is 0. The van der Waals surface area contributed by atoms with Crippen molar-refractivity contribution in [2.24, 2.45) is 0 Å². The van der Waals surface area contributed by atoms with Crippen LogP contribution in [0.1, 0.15) is 34.1 Å². The van der Waals surface area contributed by atoms with E-state index in [1.807, 2.05) is 0 Å². The fraction of sp³-hybridized carbons (Fsp3) is 1.00. The number of likely N-dealkylation sites (N-methyl/N-ethyl adjacent to an activating group) is 1. The van der Waals surface area contributed by atoms with Crippen LogP contribution < -0.4 is 0 Å². The van der Waals surface area contributed by atoms with E-state index in [4.69, 9.17) is 9.47 Å². The largest absolute Gasteiger partial charge is 0.377 e. The molecule has 0 aromatic heterocycles. The van der Waals surface area contributed by atoms with Gasteiger partial charge in [0.25, 0.3) is 0 Å². The van der Waals surface area contributed by atoms with Gasteiger partial charge in [-0.2, -0.15) is 0 Å². The second-order valence-electron chi connectivity index (χ2n) is 4.94. The third kappa shape index (κ3) is 4.09. The van der Waals surface area contributed by atoms with Gasteiger partial charge < -0.3 is 9.47 Å². The molecule has 2 atom stereocenters. The van der Waals surface area contributed by atoms with E-state index in [9.17, 15) is 0 Å². The molecule has 0 N–H and O–H groups in total. The van der Waals surface area contributed by atoms with E-state index in [1.165, 1.54) is 0 Å². The van der Waals surface area contributed by atoms with Gasteiger partial charge in [-0.1, -0.05) is 0 Å². The molecule has 0 bridgehead atoms. The summed E-state index contributed by atoms with van der Waals surface area (Å²) in [7, 11) is 2.15. The number of hydrogen-bond acceptors (Lipinski definition) is 3. The molecule has 1 rings (SSSR count). The van der Waals surface area contributed by atoms with E-state index in [0.29, 0.717) is 24.4 Å². The first kappa shape index (κ1) is 12.9. The van der Waals surface area contributed by atoms with Crippen molar-refractivity contribution in [3.63, 3.8) is 0 Å². The summed E-state index contributed by atoms with van der Waals surface area (Å²) in [4.78, 5) is 2.34. The van der Waals surface area contributed by atoms with Gasteiger partial charge in [-0.15, -0.1) is 0 Å². The molecule has 90 valence electrons. The van der Waals surface area contributed by atoms with Crippen molar-refractivity contribution in [2.45, 2.75) is 58.5 Å². The highest BCUT2D eigenvalue weighted by atomic mass is 16.5. The molecule has 0 saturated carbocycles. The molecule has 0 spiro atoms. The molecule has 0 unspecified atom stereocenters. The van der Waals surface area contributed by atoms with Gasteiger partial charge in [0, 0.05) is 6.54 Å². The van der Waals surface area contributed by atoms with Gasteiger partial charge in [0.05, 0.1) is 31.0 Å². The average Bonchev–Trinajstić information content (AvgIpc) is 2.43. The molecule has 0 aromatic rings. The van der Waals surface area contributed by atoms with Gasteiger partial charge in [-0.05, 0) is 41.2 Å². The standard InChI is InChI=1S/C12H25NO2/c1-9(2)14-8-11-12(15-10(3)4)6-7-13(11)5/h9-12H,6-8H2,1-5H3/t11-,12+/m0/s1. The predicted octanol–water partition coefficient (Wildman–Crippen LogP) is 1.91. The maximum Gasteiger partial charge on any atom is 0.0768 e. The molecule has 1 aliphatic heterocycles. The number of likely N-dealkylation sites (tertiary alicyclic amines) is 1. The predicted molar refractivity (Wildman–Crippen MR) is 62.1 cm³/mol. The van der Waals surface area contributed by atoms with E-state index in [0.717, 1.165) is 19.6 Å². The topological polar surface area (TPSA) is 21.7 Å². The second-order valence-corrected chi connectivity index (χ2v) is 4.94. The molecule has 15 heavy (non-hydrogen) atoms. The minimum Gasteiger partial charge on any atom is -0.377 e. The number of hydrogen-bond donors (Lipinski definition) is 0. The Hall–Kier alpha value is -0.120. The van der Waals surface area contributed by atoms with Crippen LogP contribution in [0.2, 0.25) is 0 Å². The minimum absolute atomic E-state index is 0.304. The Morgan fingerprint density at radius 2 is 1.87 bits per heavy atom. The van der Waals surface area contributed by atoms with Crippen molar-refractivity contribution in [3.8, 4) is 0 Å². The molecule has 0 radical (unpaired) electrons. The molecule has 1 saturated heterocycles. The van der Waals surface area contributed by atoms with Crippen molar-refractivity contribution in [1.29, 1.82) is 0 Å². The zero-order valence-corrected chi connectivity index (χ0v) is 10.7. The highest BCUT2D eigenvalue weighted by Gasteiger charge is 2.33. The smallest absolute Gasteiger partial charge is 0.0768 e. The van der Waals surface area contributed by atoms with Gasteiger partial charge in [0.1, 0.15) is 0 Å². The fourth-order valence-electron chi connectivity index (χ4n) is 2.01. The minimum atomic E-state index is 0.304. The lowest BCUT2D eigenvalue weighted by molar-refractivity contribution is -0.0429. The quantitative estimate of drug-likeness (QED) is 0.699. The Balaban J connectivity index is 2.41. The summed E-state index contributed by atoms with van der Waals surface area (Å²) in [5.41, 5.74) is 0. The molecule has 0 aliphatic carbocycles. The molecule has 1 aliphatic rings. The Kier molecular flexibility index (Phi) is 5.03. The SMILES string of the molecule is CC(C)OC[C@H]1[C@H](OC(C)C)CCN1C. The van der Waals surface area contributed by atoms with Crippen LogP contribution in [0.3, 0.4) is 0 Å². The molecule has 3 heteroatoms. The Labute approximate surface area is 93.7 Å². The molecule has 1 fully saturated rings. The summed E-state index contributed by atoms with van der Waals surface area (Å²) in [5.74, 6) is 0. The van der Waals surface area contributed by atoms with Crippen molar-refractivity contribution >= 4 is 0 Å². The van der Waals surface area contributed by atoms with Crippen LogP contribution in [0.5, 0.6) is 0 Å². The third-order valence-corrected chi connectivity index (χ3v) is 2.81. The molecule has 0 aromatic carbocycles. The van der Waals surface area contributed by atoms with E-state index in [1.54, 1.807) is 0 Å². The normalized spacial score (nSPS) is 28.2. The molecular weight excluding hydrogens is 190 g/mol. The second kappa shape index (κ2) is 5.83. The fourth-order valence-corrected chi connectivity index (χ4v) is 2.01. The molecule has 3 nitrogen and oxygen atoms in total. The third-order valence-electron chi connectivity index (χ3n) is 2.81. The lowest BCUT2D eigenvalue weighted by atomic mass is 10.2. The molecule has 1 heterocycles. The summed E-state index contributed by atoms with van der Waals surface area (Å²) in [6, 6.07) is 0.426. The monoisotopic (exact) mass is 215 g/mol. The van der Waals surface area contributed by atoms with E-state index >= 15 is 0 Å². The lowest BCUT2D eigenvalue weighted by Crippen LogP contribution is -2.39. The Morgan fingerprint density at radius 3 is 2.40 bits per heavy atom. The van der Waals surface area contributed by atoms with Crippen LogP contribution in [0.25, 0.3) is 0 Å². The van der Waals surface area contributed by atoms with Crippen LogP contribution in [0.15, 0.2) is 0 Å². The number of ether oxygens (including phenoxy) is 2. The summed E-state index contributed by atoms with van der Waals surface area (Å²) < 4.78 is 11.6. The van der Waals surface area contributed by atoms with Gasteiger partial charge in [-0.3, -0.25) is 4.90 Å². The average molecular weight is 215 g/mol. The number of nitrogens with zero attached hydrogens (tertiary/aromatic N) is 1. The van der Waals surface area contributed by atoms with Crippen LogP contribution in [-0.4, -0.2) is 49.5 Å². The molecule has 0 amide bonds. The number of rotatable bonds is 5. The van der Waals surface area contributed by atoms with E-state index in [-0.39, 0.29) is 0 Å². The van der Waals surface area contributed by atoms with Gasteiger partial charge in [0.15, 0.2) is 0 Å². The van der Waals surface area contributed by atoms with Crippen LogP contribution >= 0.6 is 0 Å². The first-order valence-electron chi connectivity index (χ1n) is 5.98. The van der Waals surface area contributed by atoms with Crippen LogP contribution in [-0.2, 0) is 9.47 Å². The first-order chi connectivity index (χ1) is 7.00. The Bertz CT molecular complexity index is 182. The van der Waals surface area contributed by atoms with E-state index < -0.39 is 0 Å². The molecular formula is C12H25NO2. The van der Waals surface area contributed by atoms with Gasteiger partial charge in [-0.25, -0.2) is 0 Å². The van der Waals surface area contributed by atoms with Crippen molar-refractivity contribution < 1.29 is 9.47 Å². The van der Waals surface area contributed by atoms with Gasteiger partial charge >= 0.3 is 0 Å². The lowest BCUT2D eigenvalue weighted by Gasteiger charge is -2.27. The van der Waals surface area contributed by atoms with E-state index in [2.05, 4.69) is 39.6 Å². The Morgan fingerprint density at radius 1 is 1.20 bits per heavy atom. The highest BCUT2D eigenvalue weighted by molar-refractivity contribution is 4.86. The zero-order valence-electron chi connectivity index (χ0n) is 10.7. The summed E-state index contributed by atoms with van der Waals surface area (Å²) >= 11 is 0. The van der Waals surface area contributed by atoms with Gasteiger partial charge in [0.2, 0.25) is 0 Å². The van der Waals surface area contributed by atoms with Crippen LogP contribution in [0, 0.1) is 0 Å². The summed E-state index contributed by atoms with van der Waals surface area (Å²) in [6.07, 6.45) is 2.08. The van der Waals surface area contributed by atoms with Crippen molar-refractivity contribution in [1.82, 2.24) is 4.90 Å². The summed E-state index contributed by atoms with van der Waals surface area (Å²) in [6.45, 7) is 10.2. The maximum absolute atomic E-state index is 5.90. The zero-order chi connectivity index (χ0) is 11.4.